The van der Waals surface area contributed by atoms with E-state index >= 15 is 0 Å². The molecule has 0 spiro atoms. The van der Waals surface area contributed by atoms with E-state index in [0.717, 1.165) is 19.0 Å². The second-order valence-electron chi connectivity index (χ2n) is 6.64. The Morgan fingerprint density at radius 1 is 1.15 bits per heavy atom. The fourth-order valence-corrected chi connectivity index (χ4v) is 3.87. The average molecular weight is 299 g/mol. The number of nitrogens with one attached hydrogen (secondary N) is 1. The number of thioether (sulfide) groups is 1. The molecule has 0 aromatic rings. The second-order valence-corrected chi connectivity index (χ2v) is 7.60. The van der Waals surface area contributed by atoms with E-state index in [1.165, 1.54) is 55.9 Å². The van der Waals surface area contributed by atoms with Gasteiger partial charge in [-0.2, -0.15) is 0 Å². The van der Waals surface area contributed by atoms with Crippen molar-refractivity contribution >= 4 is 16.9 Å². The quantitative estimate of drug-likeness (QED) is 0.599. The van der Waals surface area contributed by atoms with E-state index < -0.39 is 0 Å². The van der Waals surface area contributed by atoms with Crippen molar-refractivity contribution in [1.82, 2.24) is 5.32 Å². The molecule has 0 saturated heterocycles. The molecule has 0 bridgehead atoms. The molecule has 3 heteroatoms. The second kappa shape index (κ2) is 9.70. The van der Waals surface area contributed by atoms with Crippen molar-refractivity contribution in [2.24, 2.45) is 16.3 Å². The number of hydrogen-bond donors (Lipinski definition) is 1. The van der Waals surface area contributed by atoms with E-state index in [0.29, 0.717) is 5.41 Å². The minimum absolute atomic E-state index is 0.465. The summed E-state index contributed by atoms with van der Waals surface area (Å²) in [6.07, 6.45) is 9.30. The summed E-state index contributed by atoms with van der Waals surface area (Å²) in [5, 5.41) is 4.71. The van der Waals surface area contributed by atoms with Crippen molar-refractivity contribution in [3.63, 3.8) is 0 Å². The van der Waals surface area contributed by atoms with Gasteiger partial charge in [-0.3, -0.25) is 4.99 Å². The Morgan fingerprint density at radius 2 is 1.85 bits per heavy atom. The van der Waals surface area contributed by atoms with Crippen molar-refractivity contribution in [3.8, 4) is 0 Å². The van der Waals surface area contributed by atoms with Gasteiger partial charge in [0, 0.05) is 18.8 Å². The highest BCUT2D eigenvalue weighted by molar-refractivity contribution is 8.13. The Bertz CT molecular complexity index is 283. The molecule has 0 aromatic carbocycles. The van der Waals surface area contributed by atoms with Gasteiger partial charge in [-0.15, -0.1) is 0 Å². The number of aliphatic imine (C=N–C) groups is 1. The van der Waals surface area contributed by atoms with Gasteiger partial charge in [0.2, 0.25) is 0 Å². The van der Waals surface area contributed by atoms with Gasteiger partial charge < -0.3 is 5.32 Å². The van der Waals surface area contributed by atoms with Crippen molar-refractivity contribution in [2.45, 2.75) is 72.6 Å². The van der Waals surface area contributed by atoms with Crippen LogP contribution in [0, 0.1) is 11.3 Å². The highest BCUT2D eigenvalue weighted by Crippen LogP contribution is 2.34. The third-order valence-electron chi connectivity index (χ3n) is 4.56. The van der Waals surface area contributed by atoms with Crippen LogP contribution in [0.3, 0.4) is 0 Å². The van der Waals surface area contributed by atoms with E-state index in [2.05, 4.69) is 33.0 Å². The third kappa shape index (κ3) is 6.51. The zero-order valence-electron chi connectivity index (χ0n) is 14.0. The topological polar surface area (TPSA) is 24.4 Å². The number of rotatable bonds is 9. The summed E-state index contributed by atoms with van der Waals surface area (Å²) in [5.41, 5.74) is 0.465. The van der Waals surface area contributed by atoms with Crippen LogP contribution in [0.25, 0.3) is 0 Å². The molecule has 0 radical (unpaired) electrons. The fraction of sp³-hybridized carbons (Fsp3) is 0.941. The lowest BCUT2D eigenvalue weighted by Gasteiger charge is -2.33. The predicted molar refractivity (Wildman–Crippen MR) is 93.7 cm³/mol. The van der Waals surface area contributed by atoms with Crippen LogP contribution in [0.5, 0.6) is 0 Å². The lowest BCUT2D eigenvalue weighted by molar-refractivity contribution is 0.318. The molecule has 0 aliphatic carbocycles. The first-order valence-corrected chi connectivity index (χ1v) is 9.51. The molecular formula is C17H34N2S. The maximum absolute atomic E-state index is 4.75. The van der Waals surface area contributed by atoms with E-state index in [4.69, 9.17) is 4.99 Å². The summed E-state index contributed by atoms with van der Waals surface area (Å²) in [5.74, 6) is 2.10. The van der Waals surface area contributed by atoms with Gasteiger partial charge >= 0.3 is 0 Å². The van der Waals surface area contributed by atoms with Gasteiger partial charge in [-0.05, 0) is 30.6 Å². The normalized spacial score (nSPS) is 18.1. The molecule has 1 aliphatic heterocycles. The molecule has 118 valence electrons. The van der Waals surface area contributed by atoms with Gasteiger partial charge in [0.15, 0.2) is 5.17 Å². The van der Waals surface area contributed by atoms with Gasteiger partial charge in [0.25, 0.3) is 0 Å². The van der Waals surface area contributed by atoms with Gasteiger partial charge in [-0.25, -0.2) is 0 Å². The minimum atomic E-state index is 0.465. The zero-order chi connectivity index (χ0) is 14.8. The molecule has 0 unspecified atom stereocenters. The lowest BCUT2D eigenvalue weighted by atomic mass is 9.84. The lowest BCUT2D eigenvalue weighted by Crippen LogP contribution is -2.34. The molecule has 1 rings (SSSR count). The molecule has 1 aliphatic rings. The van der Waals surface area contributed by atoms with Crippen molar-refractivity contribution in [1.29, 1.82) is 0 Å². The summed E-state index contributed by atoms with van der Waals surface area (Å²) in [6.45, 7) is 11.3. The van der Waals surface area contributed by atoms with Crippen LogP contribution in [0.15, 0.2) is 4.99 Å². The zero-order valence-corrected chi connectivity index (χ0v) is 14.8. The molecule has 0 amide bonds. The Labute approximate surface area is 130 Å². The highest BCUT2D eigenvalue weighted by atomic mass is 32.2. The van der Waals surface area contributed by atoms with E-state index in [-0.39, 0.29) is 0 Å². The van der Waals surface area contributed by atoms with Crippen molar-refractivity contribution in [2.75, 3.05) is 18.8 Å². The van der Waals surface area contributed by atoms with Crippen LogP contribution >= 0.6 is 11.8 Å². The monoisotopic (exact) mass is 298 g/mol. The summed E-state index contributed by atoms with van der Waals surface area (Å²) >= 11 is 1.93. The molecule has 1 heterocycles. The predicted octanol–water partition coefficient (Wildman–Crippen LogP) is 5.09. The standard InChI is InChI=1S/C17H34N2S/c1-5-17(6-2)13-19-16(20-14-17)18-12-10-8-7-9-11-15(3)4/h15H,5-14H2,1-4H3,(H,18,19). The van der Waals surface area contributed by atoms with E-state index in [1.807, 2.05) is 11.8 Å². The van der Waals surface area contributed by atoms with Crippen LogP contribution < -0.4 is 5.32 Å². The molecule has 1 N–H and O–H groups in total. The highest BCUT2D eigenvalue weighted by Gasteiger charge is 2.29. The average Bonchev–Trinajstić information content (AvgIpc) is 2.47. The van der Waals surface area contributed by atoms with Gasteiger partial charge in [-0.1, -0.05) is 65.1 Å². The minimum Gasteiger partial charge on any atom is -0.365 e. The maximum Gasteiger partial charge on any atom is 0.156 e. The SMILES string of the molecule is CCC1(CC)CN=C(NCCCCCCC(C)C)SC1. The molecule has 0 saturated carbocycles. The maximum atomic E-state index is 4.75. The molecule has 20 heavy (non-hydrogen) atoms. The number of hydrogen-bond acceptors (Lipinski definition) is 3. The Kier molecular flexibility index (Phi) is 8.67. The molecule has 0 aromatic heterocycles. The van der Waals surface area contributed by atoms with Crippen molar-refractivity contribution < 1.29 is 0 Å². The first-order chi connectivity index (χ1) is 9.62. The fourth-order valence-electron chi connectivity index (χ4n) is 2.56. The first kappa shape index (κ1) is 17.9. The number of nitrogens with zero attached hydrogens (tertiary/aromatic N) is 1. The third-order valence-corrected chi connectivity index (χ3v) is 5.86. The van der Waals surface area contributed by atoms with Crippen LogP contribution in [0.4, 0.5) is 0 Å². The molecule has 0 atom stereocenters. The summed E-state index contributed by atoms with van der Waals surface area (Å²) in [6, 6.07) is 0. The Balaban J connectivity index is 2.07. The number of amidine groups is 1. The summed E-state index contributed by atoms with van der Waals surface area (Å²) in [4.78, 5) is 4.75. The molecule has 2 nitrogen and oxygen atoms in total. The molecular weight excluding hydrogens is 264 g/mol. The van der Waals surface area contributed by atoms with E-state index in [1.54, 1.807) is 0 Å². The van der Waals surface area contributed by atoms with Crippen LogP contribution in [-0.4, -0.2) is 24.0 Å². The smallest absolute Gasteiger partial charge is 0.156 e. The summed E-state index contributed by atoms with van der Waals surface area (Å²) < 4.78 is 0. The molecule has 0 fully saturated rings. The van der Waals surface area contributed by atoms with Crippen LogP contribution in [0.2, 0.25) is 0 Å². The van der Waals surface area contributed by atoms with Gasteiger partial charge in [0.1, 0.15) is 0 Å². The Hall–Kier alpha value is -0.180. The van der Waals surface area contributed by atoms with Crippen molar-refractivity contribution in [3.05, 3.63) is 0 Å². The first-order valence-electron chi connectivity index (χ1n) is 8.53. The van der Waals surface area contributed by atoms with Crippen LogP contribution in [-0.2, 0) is 0 Å². The van der Waals surface area contributed by atoms with Crippen LogP contribution in [0.1, 0.15) is 72.6 Å². The summed E-state index contributed by atoms with van der Waals surface area (Å²) in [7, 11) is 0. The van der Waals surface area contributed by atoms with Gasteiger partial charge in [0.05, 0.1) is 0 Å². The largest absolute Gasteiger partial charge is 0.365 e. The number of unbranched alkanes of at least 4 members (excludes halogenated alkanes) is 3. The van der Waals surface area contributed by atoms with E-state index in [9.17, 15) is 0 Å². The Morgan fingerprint density at radius 3 is 2.40 bits per heavy atom.